The molecular formula is C44H34O. The summed E-state index contributed by atoms with van der Waals surface area (Å²) in [6.07, 6.45) is 0. The summed E-state index contributed by atoms with van der Waals surface area (Å²) >= 11 is 0. The van der Waals surface area contributed by atoms with Crippen LogP contribution in [0.4, 0.5) is 0 Å². The van der Waals surface area contributed by atoms with Gasteiger partial charge in [-0.2, -0.15) is 0 Å². The topological polar surface area (TPSA) is 9.23 Å². The smallest absolute Gasteiger partial charge is 0.135 e. The third-order valence-corrected chi connectivity index (χ3v) is 9.29. The molecule has 0 saturated carbocycles. The standard InChI is InChI=1S/C44H34O/c1-27-17-21-33-31(25-27)9-5-11-37(33)43-29(3)19-23-35-38(43)12-7-13-39(35)44-30(4)20-24-36-40(44)14-8-16-42(36)45-41-15-6-10-32-26-28(2)18-22-34(32)41/h5-26H,1-4H3. The molecule has 8 rings (SSSR count). The molecule has 1 nitrogen and oxygen atoms in total. The number of benzene rings is 8. The summed E-state index contributed by atoms with van der Waals surface area (Å²) in [5, 5.41) is 9.70. The summed E-state index contributed by atoms with van der Waals surface area (Å²) in [4.78, 5) is 0. The molecule has 8 aromatic carbocycles. The zero-order chi connectivity index (χ0) is 30.7. The second-order valence-corrected chi connectivity index (χ2v) is 12.4. The van der Waals surface area contributed by atoms with E-state index in [1.54, 1.807) is 0 Å². The van der Waals surface area contributed by atoms with Gasteiger partial charge in [0.05, 0.1) is 0 Å². The Morgan fingerprint density at radius 1 is 0.356 bits per heavy atom. The molecule has 0 aliphatic rings. The molecule has 216 valence electrons. The quantitative estimate of drug-likeness (QED) is 0.202. The van der Waals surface area contributed by atoms with E-state index in [2.05, 4.69) is 161 Å². The summed E-state index contributed by atoms with van der Waals surface area (Å²) in [6.45, 7) is 8.74. The molecule has 0 N–H and O–H groups in total. The number of ether oxygens (including phenoxy) is 1. The predicted molar refractivity (Wildman–Crippen MR) is 193 cm³/mol. The van der Waals surface area contributed by atoms with E-state index in [-0.39, 0.29) is 0 Å². The van der Waals surface area contributed by atoms with Crippen LogP contribution in [-0.2, 0) is 0 Å². The van der Waals surface area contributed by atoms with Crippen LogP contribution < -0.4 is 4.74 Å². The summed E-state index contributed by atoms with van der Waals surface area (Å²) in [5.41, 5.74) is 10.1. The highest BCUT2D eigenvalue weighted by molar-refractivity contribution is 6.13. The number of hydrogen-bond donors (Lipinski definition) is 0. The van der Waals surface area contributed by atoms with Crippen molar-refractivity contribution in [3.05, 3.63) is 156 Å². The fourth-order valence-electron chi connectivity index (χ4n) is 7.13. The van der Waals surface area contributed by atoms with Crippen molar-refractivity contribution in [3.63, 3.8) is 0 Å². The Labute approximate surface area is 264 Å². The Balaban J connectivity index is 1.33. The number of fused-ring (bicyclic) bond motifs is 4. The van der Waals surface area contributed by atoms with Gasteiger partial charge in [0.2, 0.25) is 0 Å². The van der Waals surface area contributed by atoms with Gasteiger partial charge in [0, 0.05) is 10.8 Å². The van der Waals surface area contributed by atoms with E-state index in [9.17, 15) is 0 Å². The van der Waals surface area contributed by atoms with Gasteiger partial charge in [-0.05, 0) is 106 Å². The highest BCUT2D eigenvalue weighted by atomic mass is 16.5. The molecular weight excluding hydrogens is 544 g/mol. The van der Waals surface area contributed by atoms with Crippen LogP contribution >= 0.6 is 0 Å². The van der Waals surface area contributed by atoms with Gasteiger partial charge in [-0.25, -0.2) is 0 Å². The van der Waals surface area contributed by atoms with E-state index in [4.69, 9.17) is 4.74 Å². The minimum Gasteiger partial charge on any atom is -0.456 e. The van der Waals surface area contributed by atoms with Crippen LogP contribution in [0.25, 0.3) is 65.3 Å². The van der Waals surface area contributed by atoms with Gasteiger partial charge in [-0.15, -0.1) is 0 Å². The molecule has 0 heterocycles. The molecule has 45 heavy (non-hydrogen) atoms. The average Bonchev–Trinajstić information content (AvgIpc) is 3.04. The van der Waals surface area contributed by atoms with Crippen LogP contribution in [0, 0.1) is 27.7 Å². The normalized spacial score (nSPS) is 11.6. The highest BCUT2D eigenvalue weighted by Crippen LogP contribution is 2.44. The van der Waals surface area contributed by atoms with Crippen molar-refractivity contribution >= 4 is 43.1 Å². The molecule has 0 aromatic heterocycles. The van der Waals surface area contributed by atoms with Gasteiger partial charge < -0.3 is 4.74 Å². The largest absolute Gasteiger partial charge is 0.456 e. The predicted octanol–water partition coefficient (Wildman–Crippen LogP) is 12.7. The van der Waals surface area contributed by atoms with Crippen molar-refractivity contribution in [2.24, 2.45) is 0 Å². The first kappa shape index (κ1) is 27.2. The van der Waals surface area contributed by atoms with Crippen molar-refractivity contribution in [2.45, 2.75) is 27.7 Å². The van der Waals surface area contributed by atoms with Crippen LogP contribution in [0.1, 0.15) is 22.3 Å². The van der Waals surface area contributed by atoms with Crippen molar-refractivity contribution < 1.29 is 4.74 Å². The zero-order valence-corrected chi connectivity index (χ0v) is 26.1. The third-order valence-electron chi connectivity index (χ3n) is 9.29. The maximum Gasteiger partial charge on any atom is 0.135 e. The van der Waals surface area contributed by atoms with E-state index < -0.39 is 0 Å². The Morgan fingerprint density at radius 2 is 0.822 bits per heavy atom. The molecule has 0 atom stereocenters. The molecule has 0 aliphatic carbocycles. The zero-order valence-electron chi connectivity index (χ0n) is 26.1. The second-order valence-electron chi connectivity index (χ2n) is 12.4. The van der Waals surface area contributed by atoms with Crippen molar-refractivity contribution in [1.82, 2.24) is 0 Å². The summed E-state index contributed by atoms with van der Waals surface area (Å²) < 4.78 is 6.70. The van der Waals surface area contributed by atoms with E-state index in [0.717, 1.165) is 22.3 Å². The van der Waals surface area contributed by atoms with Crippen molar-refractivity contribution in [3.8, 4) is 33.8 Å². The molecule has 0 unspecified atom stereocenters. The lowest BCUT2D eigenvalue weighted by atomic mass is 9.86. The summed E-state index contributed by atoms with van der Waals surface area (Å²) in [7, 11) is 0. The van der Waals surface area contributed by atoms with E-state index in [1.165, 1.54) is 76.8 Å². The van der Waals surface area contributed by atoms with Crippen LogP contribution in [0.2, 0.25) is 0 Å². The maximum atomic E-state index is 6.70. The Bertz CT molecular complexity index is 2450. The van der Waals surface area contributed by atoms with Crippen LogP contribution in [0.5, 0.6) is 11.5 Å². The molecule has 0 amide bonds. The first-order valence-corrected chi connectivity index (χ1v) is 15.7. The molecule has 0 aliphatic heterocycles. The van der Waals surface area contributed by atoms with Crippen LogP contribution in [0.15, 0.2) is 133 Å². The van der Waals surface area contributed by atoms with Gasteiger partial charge >= 0.3 is 0 Å². The van der Waals surface area contributed by atoms with Crippen molar-refractivity contribution in [2.75, 3.05) is 0 Å². The van der Waals surface area contributed by atoms with Gasteiger partial charge in [0.1, 0.15) is 11.5 Å². The highest BCUT2D eigenvalue weighted by Gasteiger charge is 2.17. The molecule has 8 aromatic rings. The fraction of sp³-hybridized carbons (Fsp3) is 0.0909. The molecule has 0 fully saturated rings. The van der Waals surface area contributed by atoms with E-state index in [1.807, 2.05) is 0 Å². The van der Waals surface area contributed by atoms with Crippen LogP contribution in [-0.4, -0.2) is 0 Å². The molecule has 0 spiro atoms. The maximum absolute atomic E-state index is 6.70. The van der Waals surface area contributed by atoms with Crippen molar-refractivity contribution in [1.29, 1.82) is 0 Å². The minimum atomic E-state index is 0.865. The van der Waals surface area contributed by atoms with E-state index >= 15 is 0 Å². The Morgan fingerprint density at radius 3 is 1.51 bits per heavy atom. The fourth-order valence-corrected chi connectivity index (χ4v) is 7.13. The third kappa shape index (κ3) is 4.55. The minimum absolute atomic E-state index is 0.865. The number of hydrogen-bond acceptors (Lipinski definition) is 1. The summed E-state index contributed by atoms with van der Waals surface area (Å²) in [6, 6.07) is 48.5. The van der Waals surface area contributed by atoms with Gasteiger partial charge in [-0.1, -0.05) is 132 Å². The number of rotatable bonds is 4. The first-order chi connectivity index (χ1) is 22.0. The van der Waals surface area contributed by atoms with Gasteiger partial charge in [0.15, 0.2) is 0 Å². The van der Waals surface area contributed by atoms with Gasteiger partial charge in [0.25, 0.3) is 0 Å². The average molecular weight is 579 g/mol. The Kier molecular flexibility index (Phi) is 6.43. The molecule has 0 bridgehead atoms. The number of aryl methyl sites for hydroxylation is 4. The molecule has 0 saturated heterocycles. The van der Waals surface area contributed by atoms with E-state index in [0.29, 0.717) is 0 Å². The summed E-state index contributed by atoms with van der Waals surface area (Å²) in [5.74, 6) is 1.74. The lowest BCUT2D eigenvalue weighted by Gasteiger charge is -2.19. The van der Waals surface area contributed by atoms with Gasteiger partial charge in [-0.3, -0.25) is 0 Å². The molecule has 0 radical (unpaired) electrons. The van der Waals surface area contributed by atoms with Crippen LogP contribution in [0.3, 0.4) is 0 Å². The first-order valence-electron chi connectivity index (χ1n) is 15.7. The SMILES string of the molecule is Cc1ccc2c(Oc3cccc4c(-c5cccc6c(-c7cccc8cc(C)ccc78)c(C)ccc56)c(C)ccc34)cccc2c1. The Hall–Kier alpha value is -5.40. The lowest BCUT2D eigenvalue weighted by molar-refractivity contribution is 0.494. The monoisotopic (exact) mass is 578 g/mol. The second kappa shape index (κ2) is 10.6. The lowest BCUT2D eigenvalue weighted by Crippen LogP contribution is -1.93. The molecule has 1 heteroatoms.